The van der Waals surface area contributed by atoms with E-state index < -0.39 is 12.0 Å². The molecule has 1 heterocycles. The zero-order chi connectivity index (χ0) is 14.0. The molecule has 0 saturated heterocycles. The number of ether oxygens (including phenoxy) is 1. The Balaban J connectivity index is 2.29. The number of carbonyl (C=O) groups excluding carboxylic acids is 1. The first-order chi connectivity index (χ1) is 9.02. The summed E-state index contributed by atoms with van der Waals surface area (Å²) in [5, 5.41) is 1.93. The molecule has 6 heteroatoms. The number of rotatable bonds is 4. The van der Waals surface area contributed by atoms with Crippen molar-refractivity contribution in [3.8, 4) is 0 Å². The fourth-order valence-corrected chi connectivity index (χ4v) is 2.60. The fourth-order valence-electron chi connectivity index (χ4n) is 1.98. The molecule has 2 aromatic rings. The van der Waals surface area contributed by atoms with Crippen LogP contribution < -0.4 is 5.73 Å². The number of aromatic amines is 1. The molecule has 1 aromatic heterocycles. The van der Waals surface area contributed by atoms with Gasteiger partial charge in [-0.25, -0.2) is 0 Å². The molecule has 1 aromatic carbocycles. The number of halogens is 2. The molecule has 1 atom stereocenters. The number of hydrogen-bond acceptors (Lipinski definition) is 3. The molecule has 102 valence electrons. The van der Waals surface area contributed by atoms with E-state index in [9.17, 15) is 4.79 Å². The zero-order valence-corrected chi connectivity index (χ0v) is 11.9. The Bertz CT molecular complexity index is 610. The van der Waals surface area contributed by atoms with Gasteiger partial charge in [-0.3, -0.25) is 4.79 Å². The molecule has 0 aliphatic heterocycles. The van der Waals surface area contributed by atoms with Crippen molar-refractivity contribution in [1.82, 2.24) is 4.98 Å². The van der Waals surface area contributed by atoms with Crippen LogP contribution in [0.5, 0.6) is 0 Å². The Morgan fingerprint density at radius 3 is 2.89 bits per heavy atom. The van der Waals surface area contributed by atoms with Crippen LogP contribution in [0.1, 0.15) is 12.5 Å². The van der Waals surface area contributed by atoms with Gasteiger partial charge in [0, 0.05) is 28.5 Å². The Morgan fingerprint density at radius 1 is 1.47 bits per heavy atom. The lowest BCUT2D eigenvalue weighted by molar-refractivity contribution is -0.144. The number of nitrogens with two attached hydrogens (primary N) is 1. The average Bonchev–Trinajstić information content (AvgIpc) is 2.72. The maximum Gasteiger partial charge on any atom is 0.323 e. The highest BCUT2D eigenvalue weighted by Gasteiger charge is 2.18. The van der Waals surface area contributed by atoms with Crippen LogP contribution in [0.15, 0.2) is 18.3 Å². The highest BCUT2D eigenvalue weighted by Crippen LogP contribution is 2.30. The minimum absolute atomic E-state index is 0.316. The van der Waals surface area contributed by atoms with Crippen molar-refractivity contribution in [3.05, 3.63) is 33.9 Å². The van der Waals surface area contributed by atoms with Crippen LogP contribution in [0, 0.1) is 0 Å². The van der Waals surface area contributed by atoms with E-state index in [4.69, 9.17) is 33.7 Å². The first-order valence-electron chi connectivity index (χ1n) is 5.90. The predicted molar refractivity (Wildman–Crippen MR) is 76.6 cm³/mol. The number of hydrogen-bond donors (Lipinski definition) is 2. The van der Waals surface area contributed by atoms with E-state index in [1.807, 2.05) is 0 Å². The summed E-state index contributed by atoms with van der Waals surface area (Å²) in [6.07, 6.45) is 2.14. The average molecular weight is 301 g/mol. The van der Waals surface area contributed by atoms with Gasteiger partial charge in [-0.2, -0.15) is 0 Å². The van der Waals surface area contributed by atoms with E-state index in [-0.39, 0.29) is 0 Å². The van der Waals surface area contributed by atoms with Crippen LogP contribution in [-0.2, 0) is 16.0 Å². The van der Waals surface area contributed by atoms with Gasteiger partial charge in [0.05, 0.1) is 11.6 Å². The van der Waals surface area contributed by atoms with Crippen LogP contribution >= 0.6 is 23.2 Å². The summed E-state index contributed by atoms with van der Waals surface area (Å²) in [5.74, 6) is -0.415. The van der Waals surface area contributed by atoms with E-state index in [0.717, 1.165) is 16.5 Å². The summed E-state index contributed by atoms with van der Waals surface area (Å²) in [7, 11) is 0. The Hall–Kier alpha value is -1.23. The van der Waals surface area contributed by atoms with Gasteiger partial charge in [0.2, 0.25) is 0 Å². The van der Waals surface area contributed by atoms with Crippen molar-refractivity contribution in [2.24, 2.45) is 5.73 Å². The maximum atomic E-state index is 11.5. The van der Waals surface area contributed by atoms with Gasteiger partial charge in [-0.15, -0.1) is 0 Å². The minimum atomic E-state index is -0.703. The SMILES string of the molecule is CCOC(=O)C(N)Cc1c[nH]c2cc(Cl)cc(Cl)c12. The third-order valence-corrected chi connectivity index (χ3v) is 3.32. The second kappa shape index (κ2) is 5.82. The highest BCUT2D eigenvalue weighted by atomic mass is 35.5. The Morgan fingerprint density at radius 2 is 2.21 bits per heavy atom. The molecule has 0 bridgehead atoms. The molecule has 1 unspecified atom stereocenters. The largest absolute Gasteiger partial charge is 0.465 e. The number of nitrogens with one attached hydrogen (secondary N) is 1. The van der Waals surface area contributed by atoms with Gasteiger partial charge < -0.3 is 15.5 Å². The molecular formula is C13H14Cl2N2O2. The number of H-pyrrole nitrogens is 1. The lowest BCUT2D eigenvalue weighted by Gasteiger charge is -2.10. The molecule has 0 spiro atoms. The van der Waals surface area contributed by atoms with Crippen LogP contribution in [0.2, 0.25) is 10.0 Å². The van der Waals surface area contributed by atoms with Gasteiger partial charge in [-0.05, 0) is 24.6 Å². The lowest BCUT2D eigenvalue weighted by Crippen LogP contribution is -2.34. The maximum absolute atomic E-state index is 11.5. The smallest absolute Gasteiger partial charge is 0.323 e. The van der Waals surface area contributed by atoms with Gasteiger partial charge in [0.15, 0.2) is 0 Å². The van der Waals surface area contributed by atoms with Crippen molar-refractivity contribution in [3.63, 3.8) is 0 Å². The Labute approximate surface area is 120 Å². The van der Waals surface area contributed by atoms with E-state index in [2.05, 4.69) is 4.98 Å². The lowest BCUT2D eigenvalue weighted by atomic mass is 10.1. The molecule has 0 radical (unpaired) electrons. The quantitative estimate of drug-likeness (QED) is 0.853. The zero-order valence-electron chi connectivity index (χ0n) is 10.4. The first kappa shape index (κ1) is 14.2. The third kappa shape index (κ3) is 3.03. The van der Waals surface area contributed by atoms with Crippen molar-refractivity contribution < 1.29 is 9.53 Å². The molecule has 0 amide bonds. The van der Waals surface area contributed by atoms with Crippen molar-refractivity contribution >= 4 is 40.1 Å². The van der Waals surface area contributed by atoms with E-state index in [1.165, 1.54) is 0 Å². The Kier molecular flexibility index (Phi) is 4.34. The molecule has 0 saturated carbocycles. The number of carbonyl (C=O) groups is 1. The van der Waals surface area contributed by atoms with Gasteiger partial charge in [0.1, 0.15) is 6.04 Å². The number of esters is 1. The van der Waals surface area contributed by atoms with E-state index >= 15 is 0 Å². The summed E-state index contributed by atoms with van der Waals surface area (Å²) >= 11 is 12.1. The molecule has 0 fully saturated rings. The predicted octanol–water partition coefficient (Wildman–Crippen LogP) is 2.91. The second-order valence-corrected chi connectivity index (χ2v) is 5.03. The first-order valence-corrected chi connectivity index (χ1v) is 6.65. The standard InChI is InChI=1S/C13H14Cl2N2O2/c1-2-19-13(18)10(16)3-7-6-17-11-5-8(14)4-9(15)12(7)11/h4-6,10,17H,2-3,16H2,1H3. The van der Waals surface area contributed by atoms with Crippen LogP contribution in [0.4, 0.5) is 0 Å². The van der Waals surface area contributed by atoms with E-state index in [0.29, 0.717) is 23.1 Å². The fraction of sp³-hybridized carbons (Fsp3) is 0.308. The van der Waals surface area contributed by atoms with Crippen LogP contribution in [-0.4, -0.2) is 23.6 Å². The third-order valence-electron chi connectivity index (χ3n) is 2.81. The molecule has 0 aliphatic rings. The molecule has 0 aliphatic carbocycles. The van der Waals surface area contributed by atoms with Crippen LogP contribution in [0.3, 0.4) is 0 Å². The van der Waals surface area contributed by atoms with Crippen molar-refractivity contribution in [1.29, 1.82) is 0 Å². The monoisotopic (exact) mass is 300 g/mol. The normalized spacial score (nSPS) is 12.6. The summed E-state index contributed by atoms with van der Waals surface area (Å²) < 4.78 is 4.89. The summed E-state index contributed by atoms with van der Waals surface area (Å²) in [5.41, 5.74) is 7.50. The summed E-state index contributed by atoms with van der Waals surface area (Å²) in [6.45, 7) is 2.06. The van der Waals surface area contributed by atoms with E-state index in [1.54, 1.807) is 25.3 Å². The topological polar surface area (TPSA) is 68.1 Å². The summed E-state index contributed by atoms with van der Waals surface area (Å²) in [6, 6.07) is 2.74. The van der Waals surface area contributed by atoms with Gasteiger partial charge >= 0.3 is 5.97 Å². The number of benzene rings is 1. The van der Waals surface area contributed by atoms with Crippen molar-refractivity contribution in [2.75, 3.05) is 6.61 Å². The number of aromatic nitrogens is 1. The van der Waals surface area contributed by atoms with Gasteiger partial charge in [-0.1, -0.05) is 23.2 Å². The number of fused-ring (bicyclic) bond motifs is 1. The van der Waals surface area contributed by atoms with Gasteiger partial charge in [0.25, 0.3) is 0 Å². The minimum Gasteiger partial charge on any atom is -0.465 e. The second-order valence-electron chi connectivity index (χ2n) is 4.19. The highest BCUT2D eigenvalue weighted by molar-refractivity contribution is 6.38. The molecule has 4 nitrogen and oxygen atoms in total. The molecule has 3 N–H and O–H groups in total. The van der Waals surface area contributed by atoms with Crippen molar-refractivity contribution in [2.45, 2.75) is 19.4 Å². The van der Waals surface area contributed by atoms with Crippen LogP contribution in [0.25, 0.3) is 10.9 Å². The molecular weight excluding hydrogens is 287 g/mol. The molecule has 2 rings (SSSR count). The summed E-state index contributed by atoms with van der Waals surface area (Å²) in [4.78, 5) is 14.6. The molecule has 19 heavy (non-hydrogen) atoms.